The van der Waals surface area contributed by atoms with Crippen LogP contribution in [-0.2, 0) is 11.0 Å². The normalized spacial score (nSPS) is 11.3. The van der Waals surface area contributed by atoms with Crippen LogP contribution in [0.5, 0.6) is 5.75 Å². The molecule has 6 nitrogen and oxygen atoms in total. The van der Waals surface area contributed by atoms with Gasteiger partial charge in [0.15, 0.2) is 6.61 Å². The summed E-state index contributed by atoms with van der Waals surface area (Å²) in [6.45, 7) is -0.472. The molecule has 1 N–H and O–H groups in total. The van der Waals surface area contributed by atoms with Crippen LogP contribution < -0.4 is 10.1 Å². The fourth-order valence-corrected chi connectivity index (χ4v) is 2.36. The lowest BCUT2D eigenvalue weighted by Gasteiger charge is -2.14. The van der Waals surface area contributed by atoms with Gasteiger partial charge in [-0.25, -0.2) is 0 Å². The highest BCUT2D eigenvalue weighted by Gasteiger charge is 2.34. The Kier molecular flexibility index (Phi) is 5.31. The summed E-state index contributed by atoms with van der Waals surface area (Å²) in [4.78, 5) is 11.9. The van der Waals surface area contributed by atoms with Crippen LogP contribution in [0.2, 0.25) is 5.02 Å². The van der Waals surface area contributed by atoms with E-state index in [4.69, 9.17) is 20.8 Å². The van der Waals surface area contributed by atoms with Crippen LogP contribution in [0, 0.1) is 0 Å². The monoisotopic (exact) mass is 397 g/mol. The summed E-state index contributed by atoms with van der Waals surface area (Å²) in [6.07, 6.45) is -3.46. The van der Waals surface area contributed by atoms with Crippen molar-refractivity contribution in [2.45, 2.75) is 6.18 Å². The third-order valence-electron chi connectivity index (χ3n) is 3.39. The average Bonchev–Trinajstić information content (AvgIpc) is 3.16. The molecule has 0 saturated heterocycles. The number of carbonyl (C=O) groups excluding carboxylic acids is 1. The quantitative estimate of drug-likeness (QED) is 0.689. The van der Waals surface area contributed by atoms with Crippen molar-refractivity contribution in [2.75, 3.05) is 11.9 Å². The summed E-state index contributed by atoms with van der Waals surface area (Å²) in [5, 5.41) is 9.40. The highest BCUT2D eigenvalue weighted by atomic mass is 35.5. The highest BCUT2D eigenvalue weighted by molar-refractivity contribution is 6.30. The molecule has 2 aromatic carbocycles. The van der Waals surface area contributed by atoms with Gasteiger partial charge in [0.1, 0.15) is 5.75 Å². The van der Waals surface area contributed by atoms with Crippen molar-refractivity contribution in [2.24, 2.45) is 0 Å². The van der Waals surface area contributed by atoms with Crippen LogP contribution in [-0.4, -0.2) is 22.7 Å². The first-order valence-electron chi connectivity index (χ1n) is 7.49. The number of hydrogen-bond donors (Lipinski definition) is 1. The number of halogens is 4. The largest absolute Gasteiger partial charge is 0.484 e. The molecule has 0 fully saturated rings. The molecule has 1 aromatic heterocycles. The Hall–Kier alpha value is -3.07. The van der Waals surface area contributed by atoms with Crippen LogP contribution >= 0.6 is 11.6 Å². The molecule has 140 valence electrons. The van der Waals surface area contributed by atoms with E-state index < -0.39 is 29.9 Å². The Morgan fingerprint density at radius 3 is 2.56 bits per heavy atom. The molecule has 0 atom stereocenters. The van der Waals surface area contributed by atoms with Crippen molar-refractivity contribution in [3.05, 3.63) is 59.4 Å². The molecule has 1 amide bonds. The van der Waals surface area contributed by atoms with Crippen molar-refractivity contribution in [3.8, 4) is 17.2 Å². The van der Waals surface area contributed by atoms with Gasteiger partial charge < -0.3 is 14.5 Å². The SMILES string of the molecule is O=C(COc1ccc(-c2nnco2)cc1)Nc1ccc(Cl)cc1C(F)(F)F. The number of benzene rings is 2. The maximum absolute atomic E-state index is 13.0. The lowest BCUT2D eigenvalue weighted by molar-refractivity contribution is -0.137. The number of nitrogens with one attached hydrogen (secondary N) is 1. The van der Waals surface area contributed by atoms with Crippen molar-refractivity contribution in [1.82, 2.24) is 10.2 Å². The van der Waals surface area contributed by atoms with Crippen LogP contribution in [0.1, 0.15) is 5.56 Å². The zero-order chi connectivity index (χ0) is 19.4. The molecule has 0 unspecified atom stereocenters. The molecule has 1 heterocycles. The van der Waals surface area contributed by atoms with Gasteiger partial charge in [0.2, 0.25) is 12.3 Å². The second kappa shape index (κ2) is 7.67. The molecular weight excluding hydrogens is 387 g/mol. The van der Waals surface area contributed by atoms with E-state index in [9.17, 15) is 18.0 Å². The molecule has 0 saturated carbocycles. The number of alkyl halides is 3. The smallest absolute Gasteiger partial charge is 0.418 e. The summed E-state index contributed by atoms with van der Waals surface area (Å²) in [5.41, 5.74) is -0.778. The van der Waals surface area contributed by atoms with E-state index in [1.807, 2.05) is 0 Å². The number of nitrogens with zero attached hydrogens (tertiary/aromatic N) is 2. The predicted molar refractivity (Wildman–Crippen MR) is 90.3 cm³/mol. The van der Waals surface area contributed by atoms with Crippen molar-refractivity contribution < 1.29 is 27.1 Å². The van der Waals surface area contributed by atoms with E-state index in [0.717, 1.165) is 12.1 Å². The van der Waals surface area contributed by atoms with Crippen LogP contribution in [0.3, 0.4) is 0 Å². The minimum absolute atomic E-state index is 0.0853. The fourth-order valence-electron chi connectivity index (χ4n) is 2.19. The maximum atomic E-state index is 13.0. The second-order valence-corrected chi connectivity index (χ2v) is 5.73. The fraction of sp³-hybridized carbons (Fsp3) is 0.118. The van der Waals surface area contributed by atoms with Gasteiger partial charge in [-0.15, -0.1) is 10.2 Å². The maximum Gasteiger partial charge on any atom is 0.418 e. The number of anilines is 1. The first-order chi connectivity index (χ1) is 12.8. The number of ether oxygens (including phenoxy) is 1. The number of aromatic nitrogens is 2. The Balaban J connectivity index is 1.62. The number of rotatable bonds is 5. The predicted octanol–water partition coefficient (Wildman–Crippen LogP) is 4.43. The number of carbonyl (C=O) groups is 1. The summed E-state index contributed by atoms with van der Waals surface area (Å²) < 4.78 is 49.4. The van der Waals surface area contributed by atoms with Gasteiger partial charge in [-0.3, -0.25) is 4.79 Å². The number of amides is 1. The van der Waals surface area contributed by atoms with Crippen molar-refractivity contribution in [3.63, 3.8) is 0 Å². The third kappa shape index (κ3) is 4.76. The highest BCUT2D eigenvalue weighted by Crippen LogP contribution is 2.36. The summed E-state index contributed by atoms with van der Waals surface area (Å²) in [5.74, 6) is -0.0777. The Bertz CT molecular complexity index is 929. The average molecular weight is 398 g/mol. The van der Waals surface area contributed by atoms with E-state index in [1.165, 1.54) is 12.5 Å². The summed E-state index contributed by atoms with van der Waals surface area (Å²) >= 11 is 5.60. The van der Waals surface area contributed by atoms with E-state index in [2.05, 4.69) is 15.5 Å². The standard InChI is InChI=1S/C17H11ClF3N3O3/c18-11-3-6-14(13(7-11)17(19,20)21)23-15(25)8-26-12-4-1-10(2-5-12)16-24-22-9-27-16/h1-7,9H,8H2,(H,23,25). The van der Waals surface area contributed by atoms with Gasteiger partial charge in [-0.2, -0.15) is 13.2 Å². The molecule has 27 heavy (non-hydrogen) atoms. The summed E-state index contributed by atoms with van der Waals surface area (Å²) in [7, 11) is 0. The van der Waals surface area contributed by atoms with Gasteiger partial charge in [-0.1, -0.05) is 11.6 Å². The van der Waals surface area contributed by atoms with Crippen molar-refractivity contribution >= 4 is 23.2 Å². The molecule has 0 aliphatic carbocycles. The summed E-state index contributed by atoms with van der Waals surface area (Å²) in [6, 6.07) is 9.50. The molecule has 3 rings (SSSR count). The molecule has 3 aromatic rings. The van der Waals surface area contributed by atoms with E-state index in [0.29, 0.717) is 17.2 Å². The Morgan fingerprint density at radius 2 is 1.93 bits per heavy atom. The molecule has 0 aliphatic rings. The molecule has 0 bridgehead atoms. The second-order valence-electron chi connectivity index (χ2n) is 5.29. The molecule has 0 spiro atoms. The van der Waals surface area contributed by atoms with Crippen molar-refractivity contribution in [1.29, 1.82) is 0 Å². The van der Waals surface area contributed by atoms with E-state index in [1.54, 1.807) is 24.3 Å². The van der Waals surface area contributed by atoms with E-state index >= 15 is 0 Å². The molecule has 10 heteroatoms. The lowest BCUT2D eigenvalue weighted by atomic mass is 10.1. The zero-order valence-electron chi connectivity index (χ0n) is 13.5. The minimum atomic E-state index is -4.65. The lowest BCUT2D eigenvalue weighted by Crippen LogP contribution is -2.22. The van der Waals surface area contributed by atoms with Gasteiger partial charge in [0.25, 0.3) is 5.91 Å². The van der Waals surface area contributed by atoms with Crippen LogP contribution in [0.4, 0.5) is 18.9 Å². The first-order valence-corrected chi connectivity index (χ1v) is 7.87. The molecular formula is C17H11ClF3N3O3. The Labute approximate surface area is 155 Å². The molecule has 0 aliphatic heterocycles. The first kappa shape index (κ1) is 18.7. The Morgan fingerprint density at radius 1 is 1.19 bits per heavy atom. The van der Waals surface area contributed by atoms with E-state index in [-0.39, 0.29) is 5.02 Å². The molecule has 0 radical (unpaired) electrons. The zero-order valence-corrected chi connectivity index (χ0v) is 14.2. The van der Waals surface area contributed by atoms with Gasteiger partial charge in [0.05, 0.1) is 11.3 Å². The van der Waals surface area contributed by atoms with Gasteiger partial charge in [0, 0.05) is 10.6 Å². The van der Waals surface area contributed by atoms with Crippen LogP contribution in [0.25, 0.3) is 11.5 Å². The minimum Gasteiger partial charge on any atom is -0.484 e. The third-order valence-corrected chi connectivity index (χ3v) is 3.63. The van der Waals surface area contributed by atoms with Gasteiger partial charge in [-0.05, 0) is 42.5 Å². The number of hydrogen-bond acceptors (Lipinski definition) is 5. The topological polar surface area (TPSA) is 77.2 Å². The van der Waals surface area contributed by atoms with Crippen LogP contribution in [0.15, 0.2) is 53.3 Å². The van der Waals surface area contributed by atoms with Gasteiger partial charge >= 0.3 is 6.18 Å².